The molecule has 6 aromatic rings. The van der Waals surface area contributed by atoms with E-state index < -0.39 is 73.8 Å². The predicted molar refractivity (Wildman–Crippen MR) is 385 cm³/mol. The Morgan fingerprint density at radius 2 is 0.990 bits per heavy atom. The molecule has 0 N–H and O–H groups in total. The normalized spacial score (nSPS) is 18.0. The van der Waals surface area contributed by atoms with Crippen molar-refractivity contribution >= 4 is 91.7 Å². The lowest BCUT2D eigenvalue weighted by Gasteiger charge is -2.39. The molecule has 0 saturated carbocycles. The van der Waals surface area contributed by atoms with Crippen LogP contribution in [-0.2, 0) is 68.8 Å². The zero-order chi connectivity index (χ0) is 70.8. The van der Waals surface area contributed by atoms with E-state index in [0.29, 0.717) is 68.5 Å². The van der Waals surface area contributed by atoms with Gasteiger partial charge in [0, 0.05) is 66.0 Å². The maximum atomic E-state index is 15.0. The van der Waals surface area contributed by atoms with Crippen LogP contribution < -0.4 is 19.2 Å². The molecular formula is C71H94F2IN6O13PS2. The first-order valence-corrected chi connectivity index (χ1v) is 36.9. The SMILES string of the molecule is C=C[C@@H]1C[C@H](CC(=O)OC(C)(C)C)OC(C)(C)O1.CC(C)c1nc(N(C)S(C)(=O)=O)nc(-c2ccc(F)cc2)c1/C=C/[C@@H]1C[C@H](CC(=O)OC(C)(C)C)OC(C)(C)O1.CC(C)c1nc(N(C)S(C)(=O)=O)nc(-c2ccc(F)cc2)c1CP(=O)(c1ccccc1)c1ccccc1.I. The van der Waals surface area contributed by atoms with Gasteiger partial charge < -0.3 is 33.0 Å². The molecule has 8 rings (SSSR count). The Morgan fingerprint density at radius 3 is 1.38 bits per heavy atom. The molecule has 2 saturated heterocycles. The molecule has 2 aromatic heterocycles. The van der Waals surface area contributed by atoms with Gasteiger partial charge in [0.1, 0.15) is 30.0 Å². The molecule has 4 atom stereocenters. The summed E-state index contributed by atoms with van der Waals surface area (Å²) < 4.78 is 128. The monoisotopic (exact) mass is 1500 g/mol. The highest BCUT2D eigenvalue weighted by Crippen LogP contribution is 2.50. The third-order valence-electron chi connectivity index (χ3n) is 14.7. The topological polar surface area (TPSA) is 233 Å². The van der Waals surface area contributed by atoms with Gasteiger partial charge in [-0.3, -0.25) is 9.59 Å². The molecule has 25 heteroatoms. The maximum Gasteiger partial charge on any atom is 0.308 e. The minimum Gasteiger partial charge on any atom is -0.460 e. The zero-order valence-electron chi connectivity index (χ0n) is 58.2. The molecule has 524 valence electrons. The van der Waals surface area contributed by atoms with Gasteiger partial charge in [-0.2, -0.15) is 0 Å². The van der Waals surface area contributed by atoms with Crippen molar-refractivity contribution in [1.82, 2.24) is 19.9 Å². The van der Waals surface area contributed by atoms with Crippen molar-refractivity contribution in [2.24, 2.45) is 0 Å². The van der Waals surface area contributed by atoms with Crippen molar-refractivity contribution < 1.29 is 68.2 Å². The summed E-state index contributed by atoms with van der Waals surface area (Å²) in [5.41, 5.74) is 3.51. The summed E-state index contributed by atoms with van der Waals surface area (Å²) in [6.45, 7) is 29.8. The Hall–Kier alpha value is -6.38. The molecule has 19 nitrogen and oxygen atoms in total. The summed E-state index contributed by atoms with van der Waals surface area (Å²) in [5, 5.41) is 1.39. The number of carbonyl (C=O) groups is 2. The van der Waals surface area contributed by atoms with Gasteiger partial charge in [-0.15, -0.1) is 30.6 Å². The minimum atomic E-state index is -3.64. The molecule has 4 heterocycles. The molecule has 0 radical (unpaired) electrons. The molecule has 2 fully saturated rings. The lowest BCUT2D eigenvalue weighted by molar-refractivity contribution is -0.291. The molecule has 0 unspecified atom stereocenters. The lowest BCUT2D eigenvalue weighted by atomic mass is 9.97. The first kappa shape index (κ1) is 80.3. The van der Waals surface area contributed by atoms with Crippen LogP contribution in [0.1, 0.15) is 157 Å². The number of ether oxygens (including phenoxy) is 6. The van der Waals surface area contributed by atoms with Crippen LogP contribution in [0, 0.1) is 11.6 Å². The Bertz CT molecular complexity index is 3900. The zero-order valence-corrected chi connectivity index (χ0v) is 63.1. The van der Waals surface area contributed by atoms with Crippen molar-refractivity contribution in [3.63, 3.8) is 0 Å². The largest absolute Gasteiger partial charge is 0.460 e. The second kappa shape index (κ2) is 33.0. The third kappa shape index (κ3) is 23.4. The number of rotatable bonds is 19. The summed E-state index contributed by atoms with van der Waals surface area (Å²) in [7, 11) is -7.72. The third-order valence-corrected chi connectivity index (χ3v) is 20.1. The van der Waals surface area contributed by atoms with Gasteiger partial charge in [-0.05, 0) is 130 Å². The van der Waals surface area contributed by atoms with Gasteiger partial charge in [0.05, 0.1) is 72.5 Å². The number of aromatic nitrogens is 4. The summed E-state index contributed by atoms with van der Waals surface area (Å²) in [5.74, 6) is -3.25. The Morgan fingerprint density at radius 1 is 0.615 bits per heavy atom. The van der Waals surface area contributed by atoms with E-state index in [-0.39, 0.29) is 90.9 Å². The van der Waals surface area contributed by atoms with E-state index >= 15 is 0 Å². The van der Waals surface area contributed by atoms with Crippen LogP contribution >= 0.6 is 31.1 Å². The second-order valence-electron chi connectivity index (χ2n) is 27.0. The van der Waals surface area contributed by atoms with Gasteiger partial charge in [0.25, 0.3) is 0 Å². The number of sulfonamides is 2. The van der Waals surface area contributed by atoms with Crippen molar-refractivity contribution in [2.75, 3.05) is 35.2 Å². The average Bonchev–Trinajstić information content (AvgIpc) is 0.750. The number of hydrogen-bond acceptors (Lipinski definition) is 17. The van der Waals surface area contributed by atoms with Gasteiger partial charge >= 0.3 is 11.9 Å². The molecule has 2 aliphatic rings. The maximum absolute atomic E-state index is 15.0. The second-order valence-corrected chi connectivity index (χ2v) is 33.9. The fraction of sp³-hybridized carbons (Fsp3) is 0.465. The van der Waals surface area contributed by atoms with E-state index in [9.17, 15) is 39.8 Å². The summed E-state index contributed by atoms with van der Waals surface area (Å²) >= 11 is 0. The van der Waals surface area contributed by atoms with Gasteiger partial charge in [0.2, 0.25) is 31.9 Å². The number of hydrogen-bond donors (Lipinski definition) is 0. The number of halogens is 3. The van der Waals surface area contributed by atoms with Crippen molar-refractivity contribution in [1.29, 1.82) is 0 Å². The first-order chi connectivity index (χ1) is 44.0. The Balaban J connectivity index is 0.000000276. The fourth-order valence-electron chi connectivity index (χ4n) is 10.5. The standard InChI is InChI=1S/C29H40FN3O6S.C28H29FN3O3PS.C14H24O4.HI/c1-18(2)25-23(15-14-21-16-22(38-29(6,7)37-21)17-24(34)39-28(3,4)5)26(19-10-12-20(30)13-11-19)32-27(31-25)33(8)40(9,35)36;1-20(2)26-25(19-36(33,23-11-7-5-8-12-23)24-13-9-6-10-14-24)27(21-15-17-22(29)18-16-21)31-28(30-26)32(3)37(4,34)35;1-7-10-8-11(17-14(5,6)16-10)9-12(15)18-13(2,3)4;/h10-15,18,21-22H,16-17H2,1-9H3;5-18,20H,19H2,1-4H3;7,10-11H,1,8-9H2,2-6H3;1H/b15-14+;;;/t21-,22-;;10-,11-;/m1.1./s1. The molecule has 0 bridgehead atoms. The summed E-state index contributed by atoms with van der Waals surface area (Å²) in [6, 6.07) is 30.3. The molecular weight excluding hydrogens is 1400 g/mol. The van der Waals surface area contributed by atoms with Crippen LogP contribution in [0.2, 0.25) is 0 Å². The highest BCUT2D eigenvalue weighted by atomic mass is 127. The minimum absolute atomic E-state index is 0. The first-order valence-electron chi connectivity index (χ1n) is 31.3. The van der Waals surface area contributed by atoms with E-state index in [1.807, 2.05) is 156 Å². The molecule has 0 amide bonds. The Labute approximate surface area is 583 Å². The quantitative estimate of drug-likeness (QED) is 0.0317. The summed E-state index contributed by atoms with van der Waals surface area (Å²) in [4.78, 5) is 42.7. The number of benzene rings is 4. The predicted octanol–water partition coefficient (Wildman–Crippen LogP) is 14.2. The molecule has 2 aliphatic heterocycles. The lowest BCUT2D eigenvalue weighted by Crippen LogP contribution is -2.45. The van der Waals surface area contributed by atoms with Crippen LogP contribution in [0.25, 0.3) is 28.6 Å². The van der Waals surface area contributed by atoms with Crippen molar-refractivity contribution in [3.05, 3.63) is 162 Å². The van der Waals surface area contributed by atoms with Crippen LogP contribution in [0.3, 0.4) is 0 Å². The van der Waals surface area contributed by atoms with Crippen LogP contribution in [0.4, 0.5) is 20.7 Å². The van der Waals surface area contributed by atoms with Gasteiger partial charge in [0.15, 0.2) is 11.6 Å². The number of nitrogens with zero attached hydrogens (tertiary/aromatic N) is 6. The summed E-state index contributed by atoms with van der Waals surface area (Å²) in [6.07, 6.45) is 8.00. The highest BCUT2D eigenvalue weighted by molar-refractivity contribution is 14.0. The van der Waals surface area contributed by atoms with Crippen LogP contribution in [0.5, 0.6) is 0 Å². The van der Waals surface area contributed by atoms with E-state index in [0.717, 1.165) is 21.1 Å². The number of esters is 2. The van der Waals surface area contributed by atoms with Crippen molar-refractivity contribution in [2.45, 2.75) is 188 Å². The van der Waals surface area contributed by atoms with Gasteiger partial charge in [-0.1, -0.05) is 107 Å². The Kier molecular flexibility index (Phi) is 27.6. The molecule has 4 aromatic carbocycles. The molecule has 0 spiro atoms. The molecule has 96 heavy (non-hydrogen) atoms. The number of anilines is 2. The van der Waals surface area contributed by atoms with Crippen LogP contribution in [-0.4, -0.2) is 123 Å². The van der Waals surface area contributed by atoms with Gasteiger partial charge in [-0.25, -0.2) is 54.2 Å². The highest BCUT2D eigenvalue weighted by Gasteiger charge is 2.39. The van der Waals surface area contributed by atoms with Crippen LogP contribution in [0.15, 0.2) is 128 Å². The average molecular weight is 1500 g/mol. The number of carbonyl (C=O) groups excluding carboxylic acids is 2. The smallest absolute Gasteiger partial charge is 0.308 e. The van der Waals surface area contributed by atoms with Crippen molar-refractivity contribution in [3.8, 4) is 22.5 Å². The van der Waals surface area contributed by atoms with E-state index in [1.54, 1.807) is 44.2 Å². The fourth-order valence-corrected chi connectivity index (χ4v) is 14.0. The molecule has 0 aliphatic carbocycles. The van der Waals surface area contributed by atoms with E-state index in [2.05, 4.69) is 26.5 Å². The van der Waals surface area contributed by atoms with E-state index in [4.69, 9.17) is 28.4 Å². The van der Waals surface area contributed by atoms with E-state index in [1.165, 1.54) is 38.4 Å².